The maximum atomic E-state index is 12.1. The van der Waals surface area contributed by atoms with Crippen LogP contribution in [-0.4, -0.2) is 43.0 Å². The number of urea groups is 1. The van der Waals surface area contributed by atoms with Gasteiger partial charge in [-0.3, -0.25) is 4.79 Å². The molecule has 1 aliphatic heterocycles. The Morgan fingerprint density at radius 2 is 2.10 bits per heavy atom. The minimum absolute atomic E-state index is 0.0581. The number of rotatable bonds is 5. The van der Waals surface area contributed by atoms with E-state index in [0.29, 0.717) is 13.0 Å². The van der Waals surface area contributed by atoms with Crippen LogP contribution in [0.1, 0.15) is 26.2 Å². The molecule has 1 unspecified atom stereocenters. The van der Waals surface area contributed by atoms with Gasteiger partial charge in [0, 0.05) is 32.2 Å². The summed E-state index contributed by atoms with van der Waals surface area (Å²) in [4.78, 5) is 27.5. The first-order valence-electron chi connectivity index (χ1n) is 7.49. The second-order valence-corrected chi connectivity index (χ2v) is 5.47. The lowest BCUT2D eigenvalue weighted by Gasteiger charge is -2.21. The maximum absolute atomic E-state index is 12.1. The van der Waals surface area contributed by atoms with E-state index in [-0.39, 0.29) is 18.0 Å². The molecule has 1 saturated heterocycles. The van der Waals surface area contributed by atoms with Crippen LogP contribution in [0.5, 0.6) is 0 Å². The number of para-hydroxylation sites is 1. The summed E-state index contributed by atoms with van der Waals surface area (Å²) in [5, 5.41) is 2.94. The van der Waals surface area contributed by atoms with Gasteiger partial charge in [0.25, 0.3) is 0 Å². The standard InChI is InChI=1S/C16H23N3O2/c1-3-4-10-18(2)16(21)17-13-11-15(20)19(12-13)14-8-6-5-7-9-14/h5-9,13H,3-4,10-12H2,1-2H3,(H,17,21). The number of nitrogens with one attached hydrogen (secondary N) is 1. The Labute approximate surface area is 125 Å². The van der Waals surface area contributed by atoms with E-state index < -0.39 is 0 Å². The van der Waals surface area contributed by atoms with E-state index in [0.717, 1.165) is 25.1 Å². The predicted molar refractivity (Wildman–Crippen MR) is 83.3 cm³/mol. The van der Waals surface area contributed by atoms with Gasteiger partial charge in [-0.1, -0.05) is 31.5 Å². The molecule has 0 aliphatic carbocycles. The number of hydrogen-bond donors (Lipinski definition) is 1. The number of carbonyl (C=O) groups excluding carboxylic acids is 2. The van der Waals surface area contributed by atoms with Gasteiger partial charge >= 0.3 is 6.03 Å². The number of hydrogen-bond acceptors (Lipinski definition) is 2. The molecule has 2 rings (SSSR count). The largest absolute Gasteiger partial charge is 0.333 e. The smallest absolute Gasteiger partial charge is 0.317 e. The number of benzene rings is 1. The van der Waals surface area contributed by atoms with Crippen molar-refractivity contribution in [3.63, 3.8) is 0 Å². The fourth-order valence-corrected chi connectivity index (χ4v) is 2.44. The highest BCUT2D eigenvalue weighted by atomic mass is 16.2. The first-order valence-corrected chi connectivity index (χ1v) is 7.49. The highest BCUT2D eigenvalue weighted by molar-refractivity contribution is 5.96. The van der Waals surface area contributed by atoms with E-state index in [1.54, 1.807) is 16.8 Å². The summed E-state index contributed by atoms with van der Waals surface area (Å²) < 4.78 is 0. The van der Waals surface area contributed by atoms with Crippen LogP contribution in [0.2, 0.25) is 0 Å². The molecule has 5 heteroatoms. The summed E-state index contributed by atoms with van der Waals surface area (Å²) in [5.41, 5.74) is 0.888. The van der Waals surface area contributed by atoms with Crippen molar-refractivity contribution >= 4 is 17.6 Å². The van der Waals surface area contributed by atoms with Gasteiger partial charge in [-0.05, 0) is 18.6 Å². The lowest BCUT2D eigenvalue weighted by molar-refractivity contribution is -0.117. The fourth-order valence-electron chi connectivity index (χ4n) is 2.44. The van der Waals surface area contributed by atoms with Crippen LogP contribution in [0.15, 0.2) is 30.3 Å². The van der Waals surface area contributed by atoms with E-state index in [1.165, 1.54) is 0 Å². The van der Waals surface area contributed by atoms with E-state index in [2.05, 4.69) is 12.2 Å². The molecule has 0 radical (unpaired) electrons. The number of unbranched alkanes of at least 4 members (excludes halogenated alkanes) is 1. The number of nitrogens with zero attached hydrogens (tertiary/aromatic N) is 2. The maximum Gasteiger partial charge on any atom is 0.317 e. The molecule has 1 fully saturated rings. The molecular formula is C16H23N3O2. The molecule has 1 heterocycles. The van der Waals surface area contributed by atoms with Crippen LogP contribution in [0.3, 0.4) is 0 Å². The zero-order valence-electron chi connectivity index (χ0n) is 12.7. The first-order chi connectivity index (χ1) is 10.1. The Balaban J connectivity index is 1.89. The molecule has 3 amide bonds. The Hall–Kier alpha value is -2.04. The van der Waals surface area contributed by atoms with Crippen molar-refractivity contribution < 1.29 is 9.59 Å². The van der Waals surface area contributed by atoms with Gasteiger partial charge in [0.05, 0.1) is 6.04 Å². The Kier molecular flexibility index (Phi) is 5.20. The molecule has 21 heavy (non-hydrogen) atoms. The third-order valence-corrected chi connectivity index (χ3v) is 3.71. The molecule has 0 aromatic heterocycles. The van der Waals surface area contributed by atoms with Crippen LogP contribution < -0.4 is 10.2 Å². The number of carbonyl (C=O) groups is 2. The van der Waals surface area contributed by atoms with Gasteiger partial charge in [0.1, 0.15) is 0 Å². The Morgan fingerprint density at radius 3 is 2.76 bits per heavy atom. The minimum Gasteiger partial charge on any atom is -0.333 e. The van der Waals surface area contributed by atoms with Crippen molar-refractivity contribution in [2.45, 2.75) is 32.2 Å². The van der Waals surface area contributed by atoms with Crippen LogP contribution in [0.25, 0.3) is 0 Å². The molecule has 1 atom stereocenters. The topological polar surface area (TPSA) is 52.7 Å². The van der Waals surface area contributed by atoms with E-state index in [1.807, 2.05) is 30.3 Å². The van der Waals surface area contributed by atoms with Gasteiger partial charge in [0.15, 0.2) is 0 Å². The third-order valence-electron chi connectivity index (χ3n) is 3.71. The normalized spacial score (nSPS) is 17.9. The average Bonchev–Trinajstić information content (AvgIpc) is 2.86. The van der Waals surface area contributed by atoms with Crippen molar-refractivity contribution in [1.29, 1.82) is 0 Å². The van der Waals surface area contributed by atoms with Crippen molar-refractivity contribution in [2.75, 3.05) is 25.0 Å². The predicted octanol–water partition coefficient (Wildman–Crippen LogP) is 2.23. The zero-order chi connectivity index (χ0) is 15.2. The van der Waals surface area contributed by atoms with Gasteiger partial charge in [-0.25, -0.2) is 4.79 Å². The Bertz CT molecular complexity index is 490. The van der Waals surface area contributed by atoms with Crippen LogP contribution in [0, 0.1) is 0 Å². The molecule has 1 aromatic rings. The van der Waals surface area contributed by atoms with Gasteiger partial charge in [0.2, 0.25) is 5.91 Å². The van der Waals surface area contributed by atoms with Crippen molar-refractivity contribution in [3.8, 4) is 0 Å². The molecule has 0 saturated carbocycles. The summed E-state index contributed by atoms with van der Waals surface area (Å²) in [6.45, 7) is 3.38. The van der Waals surface area contributed by atoms with Gasteiger partial charge < -0.3 is 15.1 Å². The summed E-state index contributed by atoms with van der Waals surface area (Å²) in [6.07, 6.45) is 2.41. The van der Waals surface area contributed by atoms with E-state index in [9.17, 15) is 9.59 Å². The highest BCUT2D eigenvalue weighted by Gasteiger charge is 2.31. The highest BCUT2D eigenvalue weighted by Crippen LogP contribution is 2.21. The van der Waals surface area contributed by atoms with Crippen molar-refractivity contribution in [3.05, 3.63) is 30.3 Å². The molecule has 0 spiro atoms. The van der Waals surface area contributed by atoms with E-state index >= 15 is 0 Å². The quantitative estimate of drug-likeness (QED) is 0.903. The molecular weight excluding hydrogens is 266 g/mol. The minimum atomic E-state index is -0.116. The lowest BCUT2D eigenvalue weighted by Crippen LogP contribution is -2.44. The molecule has 0 bridgehead atoms. The van der Waals surface area contributed by atoms with Crippen LogP contribution >= 0.6 is 0 Å². The summed E-state index contributed by atoms with van der Waals surface area (Å²) in [7, 11) is 1.79. The molecule has 1 N–H and O–H groups in total. The van der Waals surface area contributed by atoms with Crippen LogP contribution in [0.4, 0.5) is 10.5 Å². The van der Waals surface area contributed by atoms with E-state index in [4.69, 9.17) is 0 Å². The average molecular weight is 289 g/mol. The molecule has 114 valence electrons. The zero-order valence-corrected chi connectivity index (χ0v) is 12.7. The third kappa shape index (κ3) is 3.97. The second kappa shape index (κ2) is 7.11. The van der Waals surface area contributed by atoms with Gasteiger partial charge in [-0.2, -0.15) is 0 Å². The fraction of sp³-hybridized carbons (Fsp3) is 0.500. The molecule has 1 aliphatic rings. The van der Waals surface area contributed by atoms with Gasteiger partial charge in [-0.15, -0.1) is 0 Å². The summed E-state index contributed by atoms with van der Waals surface area (Å²) >= 11 is 0. The Morgan fingerprint density at radius 1 is 1.38 bits per heavy atom. The molecule has 5 nitrogen and oxygen atoms in total. The molecule has 1 aromatic carbocycles. The number of amides is 3. The lowest BCUT2D eigenvalue weighted by atomic mass is 10.2. The first kappa shape index (κ1) is 15.4. The monoisotopic (exact) mass is 289 g/mol. The second-order valence-electron chi connectivity index (χ2n) is 5.47. The van der Waals surface area contributed by atoms with Crippen molar-refractivity contribution in [1.82, 2.24) is 10.2 Å². The summed E-state index contributed by atoms with van der Waals surface area (Å²) in [6, 6.07) is 9.35. The summed E-state index contributed by atoms with van der Waals surface area (Å²) in [5.74, 6) is 0.0581. The SMILES string of the molecule is CCCCN(C)C(=O)NC1CC(=O)N(c2ccccc2)C1. The van der Waals surface area contributed by atoms with Crippen LogP contribution in [-0.2, 0) is 4.79 Å². The number of anilines is 1. The van der Waals surface area contributed by atoms with Crippen molar-refractivity contribution in [2.24, 2.45) is 0 Å².